The maximum Gasteiger partial charge on any atom is 0.309 e. The average Bonchev–Trinajstić information content (AvgIpc) is 2.48. The maximum absolute atomic E-state index is 11.2. The molecule has 13 heavy (non-hydrogen) atoms. The van der Waals surface area contributed by atoms with Crippen LogP contribution in [0.1, 0.15) is 19.8 Å². The van der Waals surface area contributed by atoms with Crippen molar-refractivity contribution in [3.63, 3.8) is 0 Å². The van der Waals surface area contributed by atoms with E-state index in [1.807, 2.05) is 6.92 Å². The van der Waals surface area contributed by atoms with Crippen LogP contribution in [0.5, 0.6) is 0 Å². The summed E-state index contributed by atoms with van der Waals surface area (Å²) in [6, 6.07) is 0. The molecule has 1 aliphatic heterocycles. The monoisotopic (exact) mass is 183 g/mol. The van der Waals surface area contributed by atoms with Crippen LogP contribution in [0.25, 0.3) is 0 Å². The second-order valence-electron chi connectivity index (χ2n) is 3.70. The van der Waals surface area contributed by atoms with Crippen LogP contribution >= 0.6 is 0 Å². The van der Waals surface area contributed by atoms with E-state index in [1.165, 1.54) is 0 Å². The van der Waals surface area contributed by atoms with E-state index >= 15 is 0 Å². The molecule has 2 rings (SSSR count). The summed E-state index contributed by atoms with van der Waals surface area (Å²) in [6.07, 6.45) is 4.12. The molecule has 0 aromatic rings. The quantitative estimate of drug-likeness (QED) is 0.603. The number of carbonyl (C=O) groups is 1. The summed E-state index contributed by atoms with van der Waals surface area (Å²) in [5.41, 5.74) is 0. The van der Waals surface area contributed by atoms with Gasteiger partial charge in [-0.1, -0.05) is 0 Å². The molecule has 0 amide bonds. The second-order valence-corrected chi connectivity index (χ2v) is 3.70. The summed E-state index contributed by atoms with van der Waals surface area (Å²) in [5, 5.41) is 0. The first kappa shape index (κ1) is 9.00. The van der Waals surface area contributed by atoms with Gasteiger partial charge in [0.15, 0.2) is 0 Å². The number of esters is 1. The Kier molecular flexibility index (Phi) is 2.54. The molecule has 1 saturated carbocycles. The van der Waals surface area contributed by atoms with Crippen LogP contribution in [-0.4, -0.2) is 25.3 Å². The molecule has 1 heterocycles. The van der Waals surface area contributed by atoms with Gasteiger partial charge in [0.2, 0.25) is 0 Å². The van der Waals surface area contributed by atoms with Gasteiger partial charge in [-0.05, 0) is 26.2 Å². The number of hydrogen-bond acceptors (Lipinski definition) is 3. The van der Waals surface area contributed by atoms with Crippen molar-refractivity contribution < 1.29 is 14.3 Å². The van der Waals surface area contributed by atoms with Crippen molar-refractivity contribution in [2.45, 2.75) is 25.9 Å². The third kappa shape index (κ3) is 1.70. The Morgan fingerprint density at radius 1 is 1.69 bits per heavy atom. The molecule has 0 bridgehead atoms. The highest BCUT2D eigenvalue weighted by Gasteiger charge is 2.41. The third-order valence-electron chi connectivity index (χ3n) is 2.88. The van der Waals surface area contributed by atoms with Crippen molar-refractivity contribution in [3.8, 4) is 0 Å². The summed E-state index contributed by atoms with van der Waals surface area (Å²) in [4.78, 5) is 11.2. The van der Waals surface area contributed by atoms with Crippen LogP contribution in [0.2, 0.25) is 0 Å². The van der Waals surface area contributed by atoms with Gasteiger partial charge in [-0.25, -0.2) is 0 Å². The predicted molar refractivity (Wildman–Crippen MR) is 46.9 cm³/mol. The fourth-order valence-electron chi connectivity index (χ4n) is 2.17. The smallest absolute Gasteiger partial charge is 0.309 e. The molecule has 1 radical (unpaired) electrons. The van der Waals surface area contributed by atoms with Gasteiger partial charge >= 0.3 is 5.97 Å². The van der Waals surface area contributed by atoms with Crippen molar-refractivity contribution in [1.29, 1.82) is 0 Å². The van der Waals surface area contributed by atoms with Gasteiger partial charge in [-0.3, -0.25) is 4.79 Å². The van der Waals surface area contributed by atoms with Crippen molar-refractivity contribution in [3.05, 3.63) is 6.42 Å². The highest BCUT2D eigenvalue weighted by molar-refractivity contribution is 5.75. The molecule has 1 aliphatic carbocycles. The molecular formula is C10H15O3. The minimum absolute atomic E-state index is 0.0174. The molecule has 3 unspecified atom stereocenters. The lowest BCUT2D eigenvalue weighted by molar-refractivity contribution is -0.141. The van der Waals surface area contributed by atoms with E-state index in [1.54, 1.807) is 0 Å². The Bertz CT molecular complexity index is 202. The second kappa shape index (κ2) is 3.66. The predicted octanol–water partition coefficient (Wildman–Crippen LogP) is 1.18. The molecular weight excluding hydrogens is 168 g/mol. The number of cyclic esters (lactones) is 1. The van der Waals surface area contributed by atoms with E-state index in [-0.39, 0.29) is 18.0 Å². The van der Waals surface area contributed by atoms with Crippen molar-refractivity contribution in [1.82, 2.24) is 0 Å². The summed E-state index contributed by atoms with van der Waals surface area (Å²) in [5.74, 6) is 0.502. The van der Waals surface area contributed by atoms with Crippen LogP contribution in [-0.2, 0) is 14.3 Å². The van der Waals surface area contributed by atoms with E-state index < -0.39 is 0 Å². The van der Waals surface area contributed by atoms with Gasteiger partial charge in [0.1, 0.15) is 0 Å². The number of fused-ring (bicyclic) bond motifs is 1. The molecule has 0 N–H and O–H groups in total. The topological polar surface area (TPSA) is 35.5 Å². The minimum Gasteiger partial charge on any atom is -0.465 e. The molecule has 3 nitrogen and oxygen atoms in total. The van der Waals surface area contributed by atoms with Gasteiger partial charge in [0, 0.05) is 12.5 Å². The van der Waals surface area contributed by atoms with Crippen LogP contribution in [0.15, 0.2) is 0 Å². The Morgan fingerprint density at radius 3 is 3.31 bits per heavy atom. The number of carbonyl (C=O) groups excluding carboxylic acids is 1. The van der Waals surface area contributed by atoms with Gasteiger partial charge in [-0.15, -0.1) is 0 Å². The lowest BCUT2D eigenvalue weighted by Gasteiger charge is -2.28. The molecule has 0 spiro atoms. The van der Waals surface area contributed by atoms with Crippen LogP contribution in [0.4, 0.5) is 0 Å². The zero-order chi connectivity index (χ0) is 9.26. The van der Waals surface area contributed by atoms with Gasteiger partial charge < -0.3 is 9.47 Å². The SMILES string of the molecule is CCOC1[CH]CC2C(=O)OCC2C1. The Hall–Kier alpha value is -0.570. The zero-order valence-electron chi connectivity index (χ0n) is 7.86. The fraction of sp³-hybridized carbons (Fsp3) is 0.800. The first-order valence-corrected chi connectivity index (χ1v) is 4.92. The fourth-order valence-corrected chi connectivity index (χ4v) is 2.17. The maximum atomic E-state index is 11.2. The van der Waals surface area contributed by atoms with Crippen molar-refractivity contribution in [2.75, 3.05) is 13.2 Å². The minimum atomic E-state index is -0.0174. The molecule has 3 atom stereocenters. The van der Waals surface area contributed by atoms with E-state index in [0.29, 0.717) is 12.5 Å². The normalized spacial score (nSPS) is 38.5. The summed E-state index contributed by atoms with van der Waals surface area (Å²) < 4.78 is 10.5. The lowest BCUT2D eigenvalue weighted by atomic mass is 9.80. The summed E-state index contributed by atoms with van der Waals surface area (Å²) in [6.45, 7) is 3.34. The summed E-state index contributed by atoms with van der Waals surface area (Å²) in [7, 11) is 0. The van der Waals surface area contributed by atoms with Crippen LogP contribution < -0.4 is 0 Å². The Morgan fingerprint density at radius 2 is 2.54 bits per heavy atom. The lowest BCUT2D eigenvalue weighted by Crippen LogP contribution is -2.30. The molecule has 3 heteroatoms. The average molecular weight is 183 g/mol. The van der Waals surface area contributed by atoms with Crippen LogP contribution in [0, 0.1) is 18.3 Å². The number of ether oxygens (including phenoxy) is 2. The molecule has 2 fully saturated rings. The van der Waals surface area contributed by atoms with Gasteiger partial charge in [0.05, 0.1) is 18.6 Å². The van der Waals surface area contributed by atoms with Gasteiger partial charge in [0.25, 0.3) is 0 Å². The molecule has 0 aromatic carbocycles. The molecule has 2 aliphatic rings. The van der Waals surface area contributed by atoms with E-state index in [9.17, 15) is 4.79 Å². The zero-order valence-corrected chi connectivity index (χ0v) is 7.86. The van der Waals surface area contributed by atoms with Crippen LogP contribution in [0.3, 0.4) is 0 Å². The molecule has 0 aromatic heterocycles. The first-order chi connectivity index (χ1) is 6.31. The first-order valence-electron chi connectivity index (χ1n) is 4.92. The highest BCUT2D eigenvalue weighted by atomic mass is 16.5. The van der Waals surface area contributed by atoms with Crippen molar-refractivity contribution in [2.24, 2.45) is 11.8 Å². The highest BCUT2D eigenvalue weighted by Crippen LogP contribution is 2.36. The Balaban J connectivity index is 1.91. The Labute approximate surface area is 78.4 Å². The van der Waals surface area contributed by atoms with E-state index in [0.717, 1.165) is 19.4 Å². The van der Waals surface area contributed by atoms with Gasteiger partial charge in [-0.2, -0.15) is 0 Å². The van der Waals surface area contributed by atoms with E-state index in [2.05, 4.69) is 6.42 Å². The molecule has 1 saturated heterocycles. The summed E-state index contributed by atoms with van der Waals surface area (Å²) >= 11 is 0. The molecule has 73 valence electrons. The van der Waals surface area contributed by atoms with Crippen molar-refractivity contribution >= 4 is 5.97 Å². The largest absolute Gasteiger partial charge is 0.465 e. The number of hydrogen-bond donors (Lipinski definition) is 0. The third-order valence-corrected chi connectivity index (χ3v) is 2.88. The standard InChI is InChI=1S/C10H15O3/c1-2-12-8-3-4-9-7(5-8)6-13-10(9)11/h3,7-9H,2,4-6H2,1H3. The van der Waals surface area contributed by atoms with E-state index in [4.69, 9.17) is 9.47 Å². The number of rotatable bonds is 2.